The van der Waals surface area contributed by atoms with Crippen LogP contribution >= 0.6 is 11.3 Å². The lowest BCUT2D eigenvalue weighted by Crippen LogP contribution is -2.31. The van der Waals surface area contributed by atoms with Crippen LogP contribution in [0.1, 0.15) is 23.7 Å². The highest BCUT2D eigenvalue weighted by molar-refractivity contribution is 7.93. The van der Waals surface area contributed by atoms with Gasteiger partial charge in [0.2, 0.25) is 0 Å². The van der Waals surface area contributed by atoms with Crippen LogP contribution in [0.4, 0.5) is 5.13 Å². The molecule has 164 valence electrons. The molecule has 0 saturated carbocycles. The van der Waals surface area contributed by atoms with E-state index in [1.54, 1.807) is 43.0 Å². The van der Waals surface area contributed by atoms with Gasteiger partial charge >= 0.3 is 0 Å². The van der Waals surface area contributed by atoms with Gasteiger partial charge in [0.05, 0.1) is 38.4 Å². The summed E-state index contributed by atoms with van der Waals surface area (Å²) in [6, 6.07) is 9.76. The van der Waals surface area contributed by atoms with Crippen LogP contribution in [0.3, 0.4) is 0 Å². The van der Waals surface area contributed by atoms with Crippen molar-refractivity contribution in [2.45, 2.75) is 24.0 Å². The highest BCUT2D eigenvalue weighted by Crippen LogP contribution is 2.36. The summed E-state index contributed by atoms with van der Waals surface area (Å²) >= 11 is 1.22. The van der Waals surface area contributed by atoms with Crippen LogP contribution < -0.4 is 18.5 Å². The molecule has 31 heavy (non-hydrogen) atoms. The van der Waals surface area contributed by atoms with Gasteiger partial charge < -0.3 is 19.3 Å². The monoisotopic (exact) mass is 462 g/mol. The zero-order valence-corrected chi connectivity index (χ0v) is 18.6. The van der Waals surface area contributed by atoms with Crippen LogP contribution in [0.5, 0.6) is 17.2 Å². The van der Waals surface area contributed by atoms with E-state index in [2.05, 4.69) is 4.98 Å². The second-order valence-electron chi connectivity index (χ2n) is 6.86. The van der Waals surface area contributed by atoms with Gasteiger partial charge in [-0.3, -0.25) is 0 Å². The number of methoxy groups -OCH3 is 2. The normalized spacial score (nSPS) is 15.6. The number of anilines is 1. The summed E-state index contributed by atoms with van der Waals surface area (Å²) in [6.45, 7) is 0.348. The minimum absolute atomic E-state index is 0.0174. The van der Waals surface area contributed by atoms with Gasteiger partial charge in [0, 0.05) is 41.3 Å². The molecule has 10 heteroatoms. The number of sulfonamides is 1. The maximum atomic E-state index is 13.6. The van der Waals surface area contributed by atoms with E-state index < -0.39 is 16.1 Å². The number of hydrogen-bond acceptors (Lipinski definition) is 8. The highest BCUT2D eigenvalue weighted by atomic mass is 32.2. The SMILES string of the molecule is COc1ccc(CN(c2nccs2)S(=O)(=O)c2ccc3c(c2)OCC[C@H]3O)c(OC)c1. The number of rotatable bonds is 7. The highest BCUT2D eigenvalue weighted by Gasteiger charge is 2.30. The van der Waals surface area contributed by atoms with Crippen LogP contribution in [0.15, 0.2) is 52.9 Å². The van der Waals surface area contributed by atoms with E-state index >= 15 is 0 Å². The molecule has 0 amide bonds. The quantitative estimate of drug-likeness (QED) is 0.575. The lowest BCUT2D eigenvalue weighted by molar-refractivity contribution is 0.115. The number of aromatic nitrogens is 1. The molecule has 0 spiro atoms. The minimum Gasteiger partial charge on any atom is -0.497 e. The number of nitrogens with zero attached hydrogens (tertiary/aromatic N) is 2. The first kappa shape index (κ1) is 21.4. The molecule has 1 aromatic heterocycles. The van der Waals surface area contributed by atoms with Crippen molar-refractivity contribution in [3.05, 3.63) is 59.1 Å². The Morgan fingerprint density at radius 2 is 2.06 bits per heavy atom. The summed E-state index contributed by atoms with van der Waals surface area (Å²) in [5.41, 5.74) is 1.24. The van der Waals surface area contributed by atoms with E-state index in [1.807, 2.05) is 0 Å². The maximum absolute atomic E-state index is 13.6. The molecule has 0 bridgehead atoms. The van der Waals surface area contributed by atoms with E-state index in [0.29, 0.717) is 46.5 Å². The molecule has 0 saturated heterocycles. The third kappa shape index (κ3) is 4.18. The van der Waals surface area contributed by atoms with Crippen molar-refractivity contribution in [3.8, 4) is 17.2 Å². The fraction of sp³-hybridized carbons (Fsp3) is 0.286. The molecule has 1 N–H and O–H groups in total. The Balaban J connectivity index is 1.75. The Morgan fingerprint density at radius 1 is 1.23 bits per heavy atom. The molecule has 0 unspecified atom stereocenters. The zero-order valence-electron chi connectivity index (χ0n) is 17.0. The van der Waals surface area contributed by atoms with Crippen molar-refractivity contribution in [2.24, 2.45) is 0 Å². The Bertz CT molecular complexity index is 1160. The Morgan fingerprint density at radius 3 is 2.77 bits per heavy atom. The average Bonchev–Trinajstić information content (AvgIpc) is 3.31. The van der Waals surface area contributed by atoms with Gasteiger partial charge in [-0.2, -0.15) is 0 Å². The fourth-order valence-electron chi connectivity index (χ4n) is 3.37. The van der Waals surface area contributed by atoms with E-state index in [4.69, 9.17) is 14.2 Å². The number of ether oxygens (including phenoxy) is 3. The first-order valence-electron chi connectivity index (χ1n) is 9.52. The van der Waals surface area contributed by atoms with Crippen molar-refractivity contribution >= 4 is 26.5 Å². The van der Waals surface area contributed by atoms with Gasteiger partial charge in [-0.15, -0.1) is 11.3 Å². The first-order valence-corrected chi connectivity index (χ1v) is 11.8. The molecule has 0 fully saturated rings. The zero-order chi connectivity index (χ0) is 22.0. The molecule has 0 aliphatic carbocycles. The van der Waals surface area contributed by atoms with E-state index in [1.165, 1.54) is 34.9 Å². The number of aliphatic hydroxyl groups is 1. The lowest BCUT2D eigenvalue weighted by atomic mass is 10.0. The smallest absolute Gasteiger partial charge is 0.266 e. The predicted molar refractivity (Wildman–Crippen MR) is 117 cm³/mol. The topological polar surface area (TPSA) is 98.2 Å². The van der Waals surface area contributed by atoms with Crippen LogP contribution in [0.25, 0.3) is 0 Å². The first-order chi connectivity index (χ1) is 14.9. The molecule has 3 aromatic rings. The Hall–Kier alpha value is -2.82. The summed E-state index contributed by atoms with van der Waals surface area (Å²) in [6.07, 6.45) is 1.36. The minimum atomic E-state index is -3.98. The van der Waals surface area contributed by atoms with E-state index in [-0.39, 0.29) is 11.4 Å². The van der Waals surface area contributed by atoms with Crippen LogP contribution in [0, 0.1) is 0 Å². The van der Waals surface area contributed by atoms with Crippen molar-refractivity contribution in [2.75, 3.05) is 25.1 Å². The summed E-state index contributed by atoms with van der Waals surface area (Å²) in [5.74, 6) is 1.49. The molecular weight excluding hydrogens is 440 g/mol. The van der Waals surface area contributed by atoms with Gasteiger partial charge in [-0.05, 0) is 18.2 Å². The van der Waals surface area contributed by atoms with Crippen LogP contribution in [-0.4, -0.2) is 39.3 Å². The number of fused-ring (bicyclic) bond motifs is 1. The number of thiazole rings is 1. The molecule has 2 aromatic carbocycles. The molecule has 1 aliphatic rings. The summed E-state index contributed by atoms with van der Waals surface area (Å²) in [7, 11) is -0.909. The largest absolute Gasteiger partial charge is 0.497 e. The summed E-state index contributed by atoms with van der Waals surface area (Å²) in [4.78, 5) is 4.28. The van der Waals surface area contributed by atoms with Gasteiger partial charge in [0.25, 0.3) is 10.0 Å². The fourth-order valence-corrected chi connectivity index (χ4v) is 5.65. The van der Waals surface area contributed by atoms with Crippen LogP contribution in [-0.2, 0) is 16.6 Å². The second-order valence-corrected chi connectivity index (χ2v) is 9.59. The van der Waals surface area contributed by atoms with E-state index in [0.717, 1.165) is 0 Å². The van der Waals surface area contributed by atoms with Crippen LogP contribution in [0.2, 0.25) is 0 Å². The lowest BCUT2D eigenvalue weighted by Gasteiger charge is -2.25. The standard InChI is InChI=1S/C21H22N2O6S2/c1-27-15-4-3-14(19(11-15)28-2)13-23(21-22-8-10-30-21)31(25,26)16-5-6-17-18(24)7-9-29-20(17)12-16/h3-6,8,10-12,18,24H,7,9,13H2,1-2H3/t18-/m1/s1. The van der Waals surface area contributed by atoms with Crippen molar-refractivity contribution < 1.29 is 27.7 Å². The average molecular weight is 463 g/mol. The van der Waals surface area contributed by atoms with Crippen molar-refractivity contribution in [3.63, 3.8) is 0 Å². The second kappa shape index (κ2) is 8.74. The number of hydrogen-bond donors (Lipinski definition) is 1. The van der Waals surface area contributed by atoms with Crippen molar-refractivity contribution in [1.82, 2.24) is 4.98 Å². The number of benzene rings is 2. The molecular formula is C21H22N2O6S2. The molecule has 8 nitrogen and oxygen atoms in total. The summed E-state index contributed by atoms with van der Waals surface area (Å²) < 4.78 is 44.8. The van der Waals surface area contributed by atoms with E-state index in [9.17, 15) is 13.5 Å². The third-order valence-electron chi connectivity index (χ3n) is 5.02. The predicted octanol–water partition coefficient (Wildman–Crippen LogP) is 3.37. The number of aliphatic hydroxyl groups excluding tert-OH is 1. The molecule has 1 aliphatic heterocycles. The third-order valence-corrected chi connectivity index (χ3v) is 7.66. The Labute approximate surface area is 184 Å². The van der Waals surface area contributed by atoms with Gasteiger partial charge in [-0.25, -0.2) is 17.7 Å². The Kier molecular flexibility index (Phi) is 6.03. The molecule has 2 heterocycles. The molecule has 1 atom stereocenters. The maximum Gasteiger partial charge on any atom is 0.266 e. The van der Waals surface area contributed by atoms with Gasteiger partial charge in [-0.1, -0.05) is 6.07 Å². The molecule has 4 rings (SSSR count). The molecule has 0 radical (unpaired) electrons. The van der Waals surface area contributed by atoms with Crippen molar-refractivity contribution in [1.29, 1.82) is 0 Å². The van der Waals surface area contributed by atoms with Gasteiger partial charge in [0.15, 0.2) is 5.13 Å². The van der Waals surface area contributed by atoms with Gasteiger partial charge in [0.1, 0.15) is 17.2 Å². The summed E-state index contributed by atoms with van der Waals surface area (Å²) in [5, 5.41) is 12.2.